The van der Waals surface area contributed by atoms with Gasteiger partial charge in [0.2, 0.25) is 0 Å². The quantitative estimate of drug-likeness (QED) is 0.679. The molecule has 0 spiro atoms. The highest BCUT2D eigenvalue weighted by Crippen LogP contribution is 2.29. The summed E-state index contributed by atoms with van der Waals surface area (Å²) < 4.78 is 13.3. The first kappa shape index (κ1) is 14.9. The SMILES string of the molecule is C=C(Nc1ccc(-c2c[nH]c3cc(F)ccc23)cn1)C1CCCN1. The van der Waals surface area contributed by atoms with E-state index in [0.29, 0.717) is 6.04 Å². The van der Waals surface area contributed by atoms with Crippen LogP contribution >= 0.6 is 0 Å². The van der Waals surface area contributed by atoms with Crippen molar-refractivity contribution in [2.75, 3.05) is 11.9 Å². The minimum absolute atomic E-state index is 0.243. The molecule has 0 aliphatic carbocycles. The number of fused-ring (bicyclic) bond motifs is 1. The van der Waals surface area contributed by atoms with Gasteiger partial charge >= 0.3 is 0 Å². The molecule has 3 aromatic rings. The Morgan fingerprint density at radius 2 is 2.21 bits per heavy atom. The van der Waals surface area contributed by atoms with Crippen molar-refractivity contribution in [1.82, 2.24) is 15.3 Å². The zero-order chi connectivity index (χ0) is 16.5. The van der Waals surface area contributed by atoms with Crippen molar-refractivity contribution in [1.29, 1.82) is 0 Å². The van der Waals surface area contributed by atoms with E-state index in [0.717, 1.165) is 46.5 Å². The highest BCUT2D eigenvalue weighted by Gasteiger charge is 2.17. The zero-order valence-electron chi connectivity index (χ0n) is 13.3. The molecular formula is C19H19FN4. The molecule has 2 aromatic heterocycles. The minimum atomic E-state index is -0.243. The molecule has 4 rings (SSSR count). The van der Waals surface area contributed by atoms with Gasteiger partial charge < -0.3 is 15.6 Å². The van der Waals surface area contributed by atoms with Gasteiger partial charge in [0.05, 0.1) is 0 Å². The molecule has 3 heterocycles. The molecule has 1 aromatic carbocycles. The van der Waals surface area contributed by atoms with Crippen LogP contribution in [0.1, 0.15) is 12.8 Å². The van der Waals surface area contributed by atoms with Crippen LogP contribution in [0, 0.1) is 5.82 Å². The van der Waals surface area contributed by atoms with Crippen molar-refractivity contribution in [3.8, 4) is 11.1 Å². The van der Waals surface area contributed by atoms with Gasteiger partial charge in [0.15, 0.2) is 0 Å². The van der Waals surface area contributed by atoms with E-state index in [1.807, 2.05) is 24.5 Å². The summed E-state index contributed by atoms with van der Waals surface area (Å²) in [4.78, 5) is 7.59. The van der Waals surface area contributed by atoms with Gasteiger partial charge in [0.1, 0.15) is 11.6 Å². The number of hydrogen-bond donors (Lipinski definition) is 3. The van der Waals surface area contributed by atoms with Gasteiger partial charge in [-0.2, -0.15) is 0 Å². The molecule has 0 bridgehead atoms. The van der Waals surface area contributed by atoms with Gasteiger partial charge in [-0.15, -0.1) is 0 Å². The van der Waals surface area contributed by atoms with E-state index in [9.17, 15) is 4.39 Å². The summed E-state index contributed by atoms with van der Waals surface area (Å²) in [5.74, 6) is 0.538. The lowest BCUT2D eigenvalue weighted by Crippen LogP contribution is -2.26. The molecule has 1 aliphatic heterocycles. The van der Waals surface area contributed by atoms with Crippen LogP contribution in [0.15, 0.2) is 55.0 Å². The Labute approximate surface area is 139 Å². The van der Waals surface area contributed by atoms with Crippen LogP contribution in [0.25, 0.3) is 22.0 Å². The Bertz CT molecular complexity index is 876. The first-order valence-corrected chi connectivity index (χ1v) is 8.13. The Balaban J connectivity index is 1.55. The number of benzene rings is 1. The highest BCUT2D eigenvalue weighted by molar-refractivity contribution is 5.95. The Hall–Kier alpha value is -2.66. The average molecular weight is 322 g/mol. The van der Waals surface area contributed by atoms with Crippen molar-refractivity contribution in [2.24, 2.45) is 0 Å². The van der Waals surface area contributed by atoms with Crippen molar-refractivity contribution in [3.05, 3.63) is 60.8 Å². The van der Waals surface area contributed by atoms with Crippen molar-refractivity contribution in [2.45, 2.75) is 18.9 Å². The van der Waals surface area contributed by atoms with Gasteiger partial charge in [-0.1, -0.05) is 6.58 Å². The van der Waals surface area contributed by atoms with E-state index in [1.54, 1.807) is 6.07 Å². The predicted octanol–water partition coefficient (Wildman–Crippen LogP) is 4.05. The molecule has 122 valence electrons. The van der Waals surface area contributed by atoms with Crippen LogP contribution in [0.4, 0.5) is 10.2 Å². The third kappa shape index (κ3) is 2.78. The molecule has 1 atom stereocenters. The van der Waals surface area contributed by atoms with Crippen molar-refractivity contribution >= 4 is 16.7 Å². The summed E-state index contributed by atoms with van der Waals surface area (Å²) in [6, 6.07) is 9.03. The third-order valence-electron chi connectivity index (χ3n) is 4.49. The topological polar surface area (TPSA) is 52.7 Å². The number of H-pyrrole nitrogens is 1. The van der Waals surface area contributed by atoms with E-state index in [1.165, 1.54) is 18.6 Å². The van der Waals surface area contributed by atoms with Gasteiger partial charge in [0.25, 0.3) is 0 Å². The van der Waals surface area contributed by atoms with Crippen LogP contribution in [0.3, 0.4) is 0 Å². The molecule has 1 unspecified atom stereocenters. The molecule has 1 fully saturated rings. The van der Waals surface area contributed by atoms with E-state index >= 15 is 0 Å². The number of anilines is 1. The average Bonchev–Trinajstić information content (AvgIpc) is 3.25. The van der Waals surface area contributed by atoms with Crippen LogP contribution in [0.5, 0.6) is 0 Å². The summed E-state index contributed by atoms with van der Waals surface area (Å²) in [5.41, 5.74) is 3.74. The maximum absolute atomic E-state index is 13.3. The fraction of sp³-hybridized carbons (Fsp3) is 0.211. The zero-order valence-corrected chi connectivity index (χ0v) is 13.3. The number of aromatic nitrogens is 2. The summed E-state index contributed by atoms with van der Waals surface area (Å²) in [6.45, 7) is 5.14. The molecule has 0 saturated carbocycles. The first-order chi connectivity index (χ1) is 11.7. The molecule has 3 N–H and O–H groups in total. The monoisotopic (exact) mass is 322 g/mol. The number of nitrogens with one attached hydrogen (secondary N) is 3. The number of rotatable bonds is 4. The smallest absolute Gasteiger partial charge is 0.130 e. The van der Waals surface area contributed by atoms with Crippen LogP contribution in [-0.4, -0.2) is 22.6 Å². The molecule has 1 saturated heterocycles. The summed E-state index contributed by atoms with van der Waals surface area (Å²) >= 11 is 0. The van der Waals surface area contributed by atoms with Crippen LogP contribution in [-0.2, 0) is 0 Å². The Morgan fingerprint density at radius 3 is 2.96 bits per heavy atom. The van der Waals surface area contributed by atoms with E-state index < -0.39 is 0 Å². The van der Waals surface area contributed by atoms with Gasteiger partial charge in [-0.25, -0.2) is 9.37 Å². The molecule has 24 heavy (non-hydrogen) atoms. The van der Waals surface area contributed by atoms with Gasteiger partial charge in [0, 0.05) is 46.2 Å². The number of halogens is 1. The van der Waals surface area contributed by atoms with Crippen LogP contribution in [0.2, 0.25) is 0 Å². The summed E-state index contributed by atoms with van der Waals surface area (Å²) in [6.07, 6.45) is 5.99. The number of pyridine rings is 1. The Morgan fingerprint density at radius 1 is 1.29 bits per heavy atom. The highest BCUT2D eigenvalue weighted by atomic mass is 19.1. The third-order valence-corrected chi connectivity index (χ3v) is 4.49. The molecule has 0 radical (unpaired) electrons. The van der Waals surface area contributed by atoms with Crippen molar-refractivity contribution < 1.29 is 4.39 Å². The first-order valence-electron chi connectivity index (χ1n) is 8.13. The largest absolute Gasteiger partial charge is 0.360 e. The van der Waals surface area contributed by atoms with E-state index in [2.05, 4.69) is 27.2 Å². The van der Waals surface area contributed by atoms with Crippen molar-refractivity contribution in [3.63, 3.8) is 0 Å². The molecule has 4 nitrogen and oxygen atoms in total. The molecular weight excluding hydrogens is 303 g/mol. The number of aromatic amines is 1. The maximum Gasteiger partial charge on any atom is 0.130 e. The van der Waals surface area contributed by atoms with Crippen LogP contribution < -0.4 is 10.6 Å². The lowest BCUT2D eigenvalue weighted by Gasteiger charge is -2.15. The summed E-state index contributed by atoms with van der Waals surface area (Å²) in [5, 5.41) is 7.67. The predicted molar refractivity (Wildman–Crippen MR) is 95.3 cm³/mol. The Kier molecular flexibility index (Phi) is 3.78. The second-order valence-electron chi connectivity index (χ2n) is 6.12. The second-order valence-corrected chi connectivity index (χ2v) is 6.12. The normalized spacial score (nSPS) is 17.3. The number of hydrogen-bond acceptors (Lipinski definition) is 3. The maximum atomic E-state index is 13.3. The fourth-order valence-electron chi connectivity index (χ4n) is 3.20. The molecule has 5 heteroatoms. The second kappa shape index (κ2) is 6.09. The number of nitrogens with zero attached hydrogens (tertiary/aromatic N) is 1. The summed E-state index contributed by atoms with van der Waals surface area (Å²) in [7, 11) is 0. The van der Waals surface area contributed by atoms with Gasteiger partial charge in [-0.05, 0) is 49.7 Å². The van der Waals surface area contributed by atoms with E-state index in [-0.39, 0.29) is 5.82 Å². The molecule has 0 amide bonds. The molecule has 1 aliphatic rings. The standard InChI is InChI=1S/C19H19FN4/c1-12(17-3-2-8-21-17)24-19-7-4-13(10-23-19)16-11-22-18-9-14(20)5-6-15(16)18/h4-7,9-11,17,21-22H,1-3,8H2,(H,23,24). The lowest BCUT2D eigenvalue weighted by molar-refractivity contribution is 0.629. The minimum Gasteiger partial charge on any atom is -0.360 e. The van der Waals surface area contributed by atoms with Gasteiger partial charge in [-0.3, -0.25) is 0 Å². The lowest BCUT2D eigenvalue weighted by atomic mass is 10.1. The van der Waals surface area contributed by atoms with E-state index in [4.69, 9.17) is 0 Å². The fourth-order valence-corrected chi connectivity index (χ4v) is 3.20.